The van der Waals surface area contributed by atoms with E-state index in [-0.39, 0.29) is 5.91 Å². The topological polar surface area (TPSA) is 73.3 Å². The van der Waals surface area contributed by atoms with Crippen molar-refractivity contribution < 1.29 is 14.3 Å². The number of rotatable bonds is 6. The molecule has 0 unspecified atom stereocenters. The van der Waals surface area contributed by atoms with Gasteiger partial charge in [-0.15, -0.1) is 0 Å². The maximum absolute atomic E-state index is 12.4. The first-order chi connectivity index (χ1) is 10.6. The van der Waals surface area contributed by atoms with E-state index in [1.54, 1.807) is 36.7 Å². The molecule has 0 aromatic carbocycles. The average molecular weight is 301 g/mol. The van der Waals surface area contributed by atoms with Crippen molar-refractivity contribution in [3.63, 3.8) is 0 Å². The highest BCUT2D eigenvalue weighted by molar-refractivity contribution is 6.06. The van der Waals surface area contributed by atoms with Gasteiger partial charge in [-0.25, -0.2) is 9.97 Å². The Labute approximate surface area is 129 Å². The van der Waals surface area contributed by atoms with E-state index in [0.29, 0.717) is 35.5 Å². The first-order valence-corrected chi connectivity index (χ1v) is 7.00. The lowest BCUT2D eigenvalue weighted by Crippen LogP contribution is -2.16. The number of anilines is 1. The van der Waals surface area contributed by atoms with Crippen molar-refractivity contribution in [1.82, 2.24) is 9.97 Å². The number of pyridine rings is 2. The first-order valence-electron chi connectivity index (χ1n) is 7.00. The number of amides is 1. The van der Waals surface area contributed by atoms with Gasteiger partial charge in [-0.2, -0.15) is 0 Å². The molecule has 2 aromatic rings. The lowest BCUT2D eigenvalue weighted by molar-refractivity contribution is 0.102. The molecule has 0 aliphatic rings. The molecule has 0 bridgehead atoms. The third-order valence-corrected chi connectivity index (χ3v) is 2.78. The van der Waals surface area contributed by atoms with Crippen LogP contribution in [0.1, 0.15) is 24.2 Å². The van der Waals surface area contributed by atoms with Gasteiger partial charge in [-0.1, -0.05) is 13.8 Å². The highest BCUT2D eigenvalue weighted by atomic mass is 16.5. The van der Waals surface area contributed by atoms with Crippen molar-refractivity contribution in [1.29, 1.82) is 0 Å². The Morgan fingerprint density at radius 1 is 1.18 bits per heavy atom. The summed E-state index contributed by atoms with van der Waals surface area (Å²) in [6.07, 6.45) is 3.19. The molecule has 2 aromatic heterocycles. The van der Waals surface area contributed by atoms with Crippen LogP contribution in [0.3, 0.4) is 0 Å². The van der Waals surface area contributed by atoms with Gasteiger partial charge < -0.3 is 14.8 Å². The third-order valence-electron chi connectivity index (χ3n) is 2.78. The zero-order valence-electron chi connectivity index (χ0n) is 12.9. The van der Waals surface area contributed by atoms with Crippen LogP contribution < -0.4 is 14.8 Å². The van der Waals surface area contributed by atoms with E-state index in [9.17, 15) is 4.79 Å². The van der Waals surface area contributed by atoms with Crippen molar-refractivity contribution in [2.45, 2.75) is 13.8 Å². The number of carbonyl (C=O) groups is 1. The number of methoxy groups -OCH3 is 1. The highest BCUT2D eigenvalue weighted by Crippen LogP contribution is 2.22. The summed E-state index contributed by atoms with van der Waals surface area (Å²) in [5.41, 5.74) is 0.864. The normalized spacial score (nSPS) is 10.4. The number of aromatic nitrogens is 2. The molecule has 0 aliphatic carbocycles. The molecule has 0 saturated carbocycles. The molecular weight excluding hydrogens is 282 g/mol. The van der Waals surface area contributed by atoms with Crippen molar-refractivity contribution in [3.05, 3.63) is 42.2 Å². The molecule has 0 saturated heterocycles. The molecule has 2 heterocycles. The van der Waals surface area contributed by atoms with Gasteiger partial charge in [0.1, 0.15) is 11.3 Å². The summed E-state index contributed by atoms with van der Waals surface area (Å²) in [5.74, 6) is 0.690. The summed E-state index contributed by atoms with van der Waals surface area (Å²) in [6.45, 7) is 4.56. The van der Waals surface area contributed by atoms with Crippen LogP contribution in [0.25, 0.3) is 0 Å². The molecule has 2 rings (SSSR count). The quantitative estimate of drug-likeness (QED) is 0.888. The zero-order chi connectivity index (χ0) is 15.9. The molecule has 1 N–H and O–H groups in total. The number of nitrogens with zero attached hydrogens (tertiary/aromatic N) is 2. The monoisotopic (exact) mass is 301 g/mol. The third kappa shape index (κ3) is 3.94. The van der Waals surface area contributed by atoms with E-state index in [4.69, 9.17) is 9.47 Å². The van der Waals surface area contributed by atoms with E-state index < -0.39 is 0 Å². The predicted molar refractivity (Wildman–Crippen MR) is 83.3 cm³/mol. The van der Waals surface area contributed by atoms with Gasteiger partial charge in [-0.05, 0) is 30.2 Å². The lowest BCUT2D eigenvalue weighted by Gasteiger charge is -2.12. The number of nitrogens with one attached hydrogen (secondary N) is 1. The Kier molecular flexibility index (Phi) is 5.30. The van der Waals surface area contributed by atoms with Crippen LogP contribution in [-0.4, -0.2) is 29.6 Å². The molecule has 0 spiro atoms. The van der Waals surface area contributed by atoms with Crippen LogP contribution in [0.5, 0.6) is 11.8 Å². The maximum Gasteiger partial charge on any atom is 0.261 e. The number of ether oxygens (including phenoxy) is 2. The van der Waals surface area contributed by atoms with E-state index >= 15 is 0 Å². The van der Waals surface area contributed by atoms with Gasteiger partial charge in [-0.3, -0.25) is 4.79 Å². The minimum Gasteiger partial charge on any atom is -0.480 e. The second kappa shape index (κ2) is 7.40. The SMILES string of the molecule is COc1ncccc1NC(=O)c1cccnc1OCC(C)C. The molecule has 0 atom stereocenters. The van der Waals surface area contributed by atoms with Crippen molar-refractivity contribution in [3.8, 4) is 11.8 Å². The Morgan fingerprint density at radius 2 is 1.86 bits per heavy atom. The Balaban J connectivity index is 2.19. The minimum atomic E-state index is -0.321. The van der Waals surface area contributed by atoms with E-state index in [0.717, 1.165) is 0 Å². The van der Waals surface area contributed by atoms with Gasteiger partial charge in [0, 0.05) is 12.4 Å². The van der Waals surface area contributed by atoms with Crippen LogP contribution in [-0.2, 0) is 0 Å². The zero-order valence-corrected chi connectivity index (χ0v) is 12.9. The Bertz CT molecular complexity index is 644. The first kappa shape index (κ1) is 15.8. The molecule has 1 amide bonds. The highest BCUT2D eigenvalue weighted by Gasteiger charge is 2.16. The molecule has 6 heteroatoms. The Morgan fingerprint density at radius 3 is 2.55 bits per heavy atom. The summed E-state index contributed by atoms with van der Waals surface area (Å²) in [4.78, 5) is 20.6. The van der Waals surface area contributed by atoms with Crippen LogP contribution in [0.4, 0.5) is 5.69 Å². The minimum absolute atomic E-state index is 0.316. The van der Waals surface area contributed by atoms with Gasteiger partial charge in [0.05, 0.1) is 13.7 Å². The standard InChI is InChI=1S/C16H19N3O3/c1-11(2)10-22-15-12(6-4-8-17-15)14(20)19-13-7-5-9-18-16(13)21-3/h4-9,11H,10H2,1-3H3,(H,19,20). The fourth-order valence-corrected chi connectivity index (χ4v) is 1.76. The van der Waals surface area contributed by atoms with Gasteiger partial charge in [0.2, 0.25) is 11.8 Å². The van der Waals surface area contributed by atoms with Crippen molar-refractivity contribution in [2.75, 3.05) is 19.0 Å². The largest absolute Gasteiger partial charge is 0.480 e. The fourth-order valence-electron chi connectivity index (χ4n) is 1.76. The molecule has 0 radical (unpaired) electrons. The lowest BCUT2D eigenvalue weighted by atomic mass is 10.2. The number of carbonyl (C=O) groups excluding carboxylic acids is 1. The molecule has 22 heavy (non-hydrogen) atoms. The second-order valence-electron chi connectivity index (χ2n) is 5.08. The van der Waals surface area contributed by atoms with E-state index in [2.05, 4.69) is 15.3 Å². The summed E-state index contributed by atoms with van der Waals surface area (Å²) in [7, 11) is 1.50. The van der Waals surface area contributed by atoms with Gasteiger partial charge in [0.25, 0.3) is 5.91 Å². The summed E-state index contributed by atoms with van der Waals surface area (Å²) >= 11 is 0. The predicted octanol–water partition coefficient (Wildman–Crippen LogP) is 2.77. The summed E-state index contributed by atoms with van der Waals surface area (Å²) in [6, 6.07) is 6.80. The Hall–Kier alpha value is -2.63. The summed E-state index contributed by atoms with van der Waals surface area (Å²) < 4.78 is 10.7. The molecule has 116 valence electrons. The molecular formula is C16H19N3O3. The van der Waals surface area contributed by atoms with Crippen molar-refractivity contribution in [2.24, 2.45) is 5.92 Å². The van der Waals surface area contributed by atoms with Crippen LogP contribution in [0.2, 0.25) is 0 Å². The van der Waals surface area contributed by atoms with E-state index in [1.165, 1.54) is 7.11 Å². The van der Waals surface area contributed by atoms with Crippen molar-refractivity contribution >= 4 is 11.6 Å². The average Bonchev–Trinajstić information content (AvgIpc) is 2.53. The molecule has 0 fully saturated rings. The summed E-state index contributed by atoms with van der Waals surface area (Å²) in [5, 5.41) is 2.76. The number of hydrogen-bond donors (Lipinski definition) is 1. The molecule has 0 aliphatic heterocycles. The van der Waals surface area contributed by atoms with Crippen LogP contribution in [0, 0.1) is 5.92 Å². The maximum atomic E-state index is 12.4. The number of hydrogen-bond acceptors (Lipinski definition) is 5. The molecule has 6 nitrogen and oxygen atoms in total. The van der Waals surface area contributed by atoms with Gasteiger partial charge in [0.15, 0.2) is 0 Å². The van der Waals surface area contributed by atoms with Crippen LogP contribution >= 0.6 is 0 Å². The van der Waals surface area contributed by atoms with Crippen LogP contribution in [0.15, 0.2) is 36.7 Å². The van der Waals surface area contributed by atoms with E-state index in [1.807, 2.05) is 13.8 Å². The second-order valence-corrected chi connectivity index (χ2v) is 5.08. The van der Waals surface area contributed by atoms with Gasteiger partial charge >= 0.3 is 0 Å². The fraction of sp³-hybridized carbons (Fsp3) is 0.312. The smallest absolute Gasteiger partial charge is 0.261 e.